The highest BCUT2D eigenvalue weighted by Gasteiger charge is 2.15. The minimum Gasteiger partial charge on any atom is -0.457 e. The van der Waals surface area contributed by atoms with Crippen molar-refractivity contribution in [2.24, 2.45) is 0 Å². The van der Waals surface area contributed by atoms with Gasteiger partial charge in [0.25, 0.3) is 5.69 Å². The summed E-state index contributed by atoms with van der Waals surface area (Å²) in [5.41, 5.74) is 1.08. The summed E-state index contributed by atoms with van der Waals surface area (Å²) in [7, 11) is 0. The van der Waals surface area contributed by atoms with E-state index in [4.69, 9.17) is 4.74 Å². The summed E-state index contributed by atoms with van der Waals surface area (Å²) in [5.74, 6) is 0.617. The standard InChI is InChI=1S/C15H13NO4/c1-10-4-3-5-13(8-10)20-15-7-6-12(16(18)19)9-14(15)11(2)17/h3-9H,1-2H3. The SMILES string of the molecule is CC(=O)c1cc([N+](=O)[O-])ccc1Oc1cccc(C)c1. The summed E-state index contributed by atoms with van der Waals surface area (Å²) in [6, 6.07) is 11.3. The van der Waals surface area contributed by atoms with Crippen molar-refractivity contribution in [2.75, 3.05) is 0 Å². The highest BCUT2D eigenvalue weighted by Crippen LogP contribution is 2.29. The number of ether oxygens (including phenoxy) is 1. The van der Waals surface area contributed by atoms with E-state index < -0.39 is 4.92 Å². The van der Waals surface area contributed by atoms with Crippen molar-refractivity contribution in [1.29, 1.82) is 0 Å². The number of non-ortho nitro benzene ring substituents is 1. The van der Waals surface area contributed by atoms with Gasteiger partial charge in [-0.2, -0.15) is 0 Å². The maximum Gasteiger partial charge on any atom is 0.270 e. The molecule has 0 aliphatic heterocycles. The average Bonchev–Trinajstić information content (AvgIpc) is 2.38. The van der Waals surface area contributed by atoms with Gasteiger partial charge in [0.1, 0.15) is 11.5 Å². The smallest absolute Gasteiger partial charge is 0.270 e. The van der Waals surface area contributed by atoms with Gasteiger partial charge in [-0.25, -0.2) is 0 Å². The third-order valence-electron chi connectivity index (χ3n) is 2.77. The van der Waals surface area contributed by atoms with Crippen molar-refractivity contribution in [2.45, 2.75) is 13.8 Å². The van der Waals surface area contributed by atoms with E-state index in [1.807, 2.05) is 25.1 Å². The van der Waals surface area contributed by atoms with Crippen molar-refractivity contribution in [3.8, 4) is 11.5 Å². The first-order chi connectivity index (χ1) is 9.47. The molecular formula is C15H13NO4. The molecule has 5 nitrogen and oxygen atoms in total. The van der Waals surface area contributed by atoms with E-state index in [1.54, 1.807) is 6.07 Å². The van der Waals surface area contributed by atoms with Crippen LogP contribution in [0.4, 0.5) is 5.69 Å². The van der Waals surface area contributed by atoms with Crippen molar-refractivity contribution < 1.29 is 14.5 Å². The Morgan fingerprint density at radius 2 is 1.95 bits per heavy atom. The summed E-state index contributed by atoms with van der Waals surface area (Å²) < 4.78 is 5.64. The average molecular weight is 271 g/mol. The zero-order chi connectivity index (χ0) is 14.7. The summed E-state index contributed by atoms with van der Waals surface area (Å²) in [6.45, 7) is 3.27. The minimum absolute atomic E-state index is 0.133. The zero-order valence-corrected chi connectivity index (χ0v) is 11.1. The Bertz CT molecular complexity index is 679. The van der Waals surface area contributed by atoms with Crippen LogP contribution in [0.5, 0.6) is 11.5 Å². The number of Topliss-reactive ketones (excluding diaryl/α,β-unsaturated/α-hetero) is 1. The van der Waals surface area contributed by atoms with Crippen LogP contribution in [0.1, 0.15) is 22.8 Å². The lowest BCUT2D eigenvalue weighted by molar-refractivity contribution is -0.384. The van der Waals surface area contributed by atoms with Gasteiger partial charge >= 0.3 is 0 Å². The summed E-state index contributed by atoms with van der Waals surface area (Å²) in [4.78, 5) is 21.8. The second kappa shape index (κ2) is 5.52. The molecule has 0 heterocycles. The van der Waals surface area contributed by atoms with Crippen LogP contribution in [-0.2, 0) is 0 Å². The summed E-state index contributed by atoms with van der Waals surface area (Å²) >= 11 is 0. The fourth-order valence-electron chi connectivity index (χ4n) is 1.80. The zero-order valence-electron chi connectivity index (χ0n) is 11.1. The van der Waals surface area contributed by atoms with Crippen LogP contribution in [0, 0.1) is 17.0 Å². The molecule has 102 valence electrons. The van der Waals surface area contributed by atoms with Gasteiger partial charge in [0.15, 0.2) is 5.78 Å². The number of nitrogens with zero attached hydrogens (tertiary/aromatic N) is 1. The Labute approximate surface area is 116 Å². The summed E-state index contributed by atoms with van der Waals surface area (Å²) in [5, 5.41) is 10.7. The fourth-order valence-corrected chi connectivity index (χ4v) is 1.80. The van der Waals surface area contributed by atoms with E-state index in [9.17, 15) is 14.9 Å². The lowest BCUT2D eigenvalue weighted by Crippen LogP contribution is -1.99. The number of ketones is 1. The Balaban J connectivity index is 2.41. The molecule has 0 atom stereocenters. The molecule has 0 aliphatic carbocycles. The van der Waals surface area contributed by atoms with E-state index in [2.05, 4.69) is 0 Å². The van der Waals surface area contributed by atoms with Gasteiger partial charge in [-0.05, 0) is 37.6 Å². The Kier molecular flexibility index (Phi) is 3.79. The molecule has 2 rings (SSSR count). The van der Waals surface area contributed by atoms with Gasteiger partial charge in [-0.1, -0.05) is 12.1 Å². The minimum atomic E-state index is -0.539. The molecule has 0 spiro atoms. The molecule has 20 heavy (non-hydrogen) atoms. The van der Waals surface area contributed by atoms with Crippen LogP contribution in [0.2, 0.25) is 0 Å². The maximum atomic E-state index is 11.6. The lowest BCUT2D eigenvalue weighted by atomic mass is 10.1. The molecule has 0 amide bonds. The van der Waals surface area contributed by atoms with Crippen LogP contribution in [0.15, 0.2) is 42.5 Å². The van der Waals surface area contributed by atoms with Crippen LogP contribution in [0.3, 0.4) is 0 Å². The molecule has 2 aromatic rings. The summed E-state index contributed by atoms with van der Waals surface area (Å²) in [6.07, 6.45) is 0. The van der Waals surface area contributed by atoms with E-state index in [0.29, 0.717) is 11.5 Å². The van der Waals surface area contributed by atoms with Crippen molar-refractivity contribution in [3.63, 3.8) is 0 Å². The second-order valence-corrected chi connectivity index (χ2v) is 4.41. The van der Waals surface area contributed by atoms with Crippen LogP contribution >= 0.6 is 0 Å². The van der Waals surface area contributed by atoms with Gasteiger partial charge in [-0.15, -0.1) is 0 Å². The lowest BCUT2D eigenvalue weighted by Gasteiger charge is -2.09. The molecule has 0 N–H and O–H groups in total. The first-order valence-electron chi connectivity index (χ1n) is 6.01. The molecule has 0 saturated carbocycles. The molecule has 0 unspecified atom stereocenters. The molecular weight excluding hydrogens is 258 g/mol. The van der Waals surface area contributed by atoms with Gasteiger partial charge in [-0.3, -0.25) is 14.9 Å². The van der Waals surface area contributed by atoms with Crippen molar-refractivity contribution in [3.05, 3.63) is 63.7 Å². The maximum absolute atomic E-state index is 11.6. The Hall–Kier alpha value is -2.69. The molecule has 5 heteroatoms. The predicted octanol–water partition coefficient (Wildman–Crippen LogP) is 3.90. The van der Waals surface area contributed by atoms with Crippen LogP contribution < -0.4 is 4.74 Å². The normalized spacial score (nSPS) is 10.1. The third kappa shape index (κ3) is 3.00. The Morgan fingerprint density at radius 1 is 1.20 bits per heavy atom. The highest BCUT2D eigenvalue weighted by molar-refractivity contribution is 5.97. The van der Waals surface area contributed by atoms with E-state index in [1.165, 1.54) is 25.1 Å². The first kappa shape index (κ1) is 13.7. The third-order valence-corrected chi connectivity index (χ3v) is 2.77. The number of nitro benzene ring substituents is 1. The van der Waals surface area contributed by atoms with E-state index in [-0.39, 0.29) is 17.0 Å². The predicted molar refractivity (Wildman–Crippen MR) is 74.4 cm³/mol. The van der Waals surface area contributed by atoms with Crippen LogP contribution in [0.25, 0.3) is 0 Å². The largest absolute Gasteiger partial charge is 0.457 e. The molecule has 0 aromatic heterocycles. The molecule has 2 aromatic carbocycles. The number of carbonyl (C=O) groups is 1. The molecule has 0 saturated heterocycles. The number of hydrogen-bond donors (Lipinski definition) is 0. The van der Waals surface area contributed by atoms with Gasteiger partial charge < -0.3 is 4.74 Å². The Morgan fingerprint density at radius 3 is 2.55 bits per heavy atom. The molecule has 0 fully saturated rings. The monoisotopic (exact) mass is 271 g/mol. The number of carbonyl (C=O) groups excluding carboxylic acids is 1. The topological polar surface area (TPSA) is 69.4 Å². The molecule has 0 aliphatic rings. The van der Waals surface area contributed by atoms with E-state index >= 15 is 0 Å². The highest BCUT2D eigenvalue weighted by atomic mass is 16.6. The van der Waals surface area contributed by atoms with Crippen molar-refractivity contribution in [1.82, 2.24) is 0 Å². The second-order valence-electron chi connectivity index (χ2n) is 4.41. The molecule has 0 bridgehead atoms. The first-order valence-corrected chi connectivity index (χ1v) is 6.01. The number of rotatable bonds is 4. The number of nitro groups is 1. The number of aryl methyl sites for hydroxylation is 1. The van der Waals surface area contributed by atoms with Gasteiger partial charge in [0.2, 0.25) is 0 Å². The quantitative estimate of drug-likeness (QED) is 0.480. The van der Waals surface area contributed by atoms with Gasteiger partial charge in [0, 0.05) is 12.1 Å². The fraction of sp³-hybridized carbons (Fsp3) is 0.133. The number of hydrogen-bond acceptors (Lipinski definition) is 4. The van der Waals surface area contributed by atoms with E-state index in [0.717, 1.165) is 5.56 Å². The van der Waals surface area contributed by atoms with Gasteiger partial charge in [0.05, 0.1) is 10.5 Å². The molecule has 0 radical (unpaired) electrons. The van der Waals surface area contributed by atoms with Crippen LogP contribution in [-0.4, -0.2) is 10.7 Å². The number of benzene rings is 2. The van der Waals surface area contributed by atoms with Crippen molar-refractivity contribution >= 4 is 11.5 Å².